The minimum Gasteiger partial charge on any atom is -0.266 e. The zero-order valence-electron chi connectivity index (χ0n) is 10.2. The Labute approximate surface area is 124 Å². The second-order valence-corrected chi connectivity index (χ2v) is 5.04. The molecule has 0 spiro atoms. The van der Waals surface area contributed by atoms with Crippen LogP contribution in [0.1, 0.15) is 0 Å². The van der Waals surface area contributed by atoms with Crippen LogP contribution >= 0.6 is 23.2 Å². The smallest absolute Gasteiger partial charge is 0.266 e. The molecular weight excluding hydrogens is 295 g/mol. The predicted octanol–water partition coefficient (Wildman–Crippen LogP) is 3.96. The molecule has 0 atom stereocenters. The van der Waals surface area contributed by atoms with Crippen LogP contribution < -0.4 is 5.56 Å². The Kier molecular flexibility index (Phi) is 3.38. The van der Waals surface area contributed by atoms with Crippen LogP contribution in [0.2, 0.25) is 10.0 Å². The van der Waals surface area contributed by atoms with Crippen molar-refractivity contribution < 1.29 is 0 Å². The molecule has 0 amide bonds. The number of halogens is 2. The maximum atomic E-state index is 11.6. The lowest BCUT2D eigenvalue weighted by Crippen LogP contribution is -1.98. The molecule has 0 radical (unpaired) electrons. The Hall–Kier alpha value is -1.97. The molecule has 3 rings (SSSR count). The van der Waals surface area contributed by atoms with Gasteiger partial charge in [-0.05, 0) is 24.3 Å². The van der Waals surface area contributed by atoms with Crippen LogP contribution in [-0.4, -0.2) is 9.97 Å². The fraction of sp³-hybridized carbons (Fsp3) is 0. The van der Waals surface area contributed by atoms with Gasteiger partial charge in [-0.3, -0.25) is 4.79 Å². The molecule has 1 heterocycles. The summed E-state index contributed by atoms with van der Waals surface area (Å²) >= 11 is 12.2. The Morgan fingerprint density at radius 3 is 2.60 bits per heavy atom. The molecular formula is C15H8Cl2N2O. The first-order valence-electron chi connectivity index (χ1n) is 5.87. The van der Waals surface area contributed by atoms with Gasteiger partial charge in [0.15, 0.2) is 0 Å². The molecule has 3 nitrogen and oxygen atoms in total. The summed E-state index contributed by atoms with van der Waals surface area (Å²) in [5, 5.41) is 1.79. The summed E-state index contributed by atoms with van der Waals surface area (Å²) in [6.07, 6.45) is 1.19. The van der Waals surface area contributed by atoms with Crippen molar-refractivity contribution in [3.8, 4) is 11.3 Å². The fourth-order valence-corrected chi connectivity index (χ4v) is 2.40. The van der Waals surface area contributed by atoms with Crippen molar-refractivity contribution in [2.45, 2.75) is 0 Å². The lowest BCUT2D eigenvalue weighted by molar-refractivity contribution is 1.26. The van der Waals surface area contributed by atoms with Gasteiger partial charge in [0.25, 0.3) is 5.56 Å². The average Bonchev–Trinajstić information content (AvgIpc) is 2.58. The van der Waals surface area contributed by atoms with E-state index < -0.39 is 5.56 Å². The summed E-state index contributed by atoms with van der Waals surface area (Å²) in [5.41, 5.74) is 1.45. The molecule has 5 heteroatoms. The highest BCUT2D eigenvalue weighted by atomic mass is 35.5. The molecule has 1 aromatic heterocycles. The van der Waals surface area contributed by atoms with E-state index in [1.54, 1.807) is 24.3 Å². The van der Waals surface area contributed by atoms with E-state index in [9.17, 15) is 4.79 Å². The minimum absolute atomic E-state index is 0.407. The van der Waals surface area contributed by atoms with Gasteiger partial charge in [0.2, 0.25) is 0 Å². The monoisotopic (exact) mass is 302 g/mol. The van der Waals surface area contributed by atoms with Gasteiger partial charge in [0, 0.05) is 21.0 Å². The van der Waals surface area contributed by atoms with Crippen molar-refractivity contribution >= 4 is 34.1 Å². The van der Waals surface area contributed by atoms with Crippen LogP contribution in [0.3, 0.4) is 0 Å². The van der Waals surface area contributed by atoms with Gasteiger partial charge in [-0.1, -0.05) is 41.4 Å². The normalized spacial score (nSPS) is 10.7. The molecule has 20 heavy (non-hydrogen) atoms. The van der Waals surface area contributed by atoms with Gasteiger partial charge in [0.1, 0.15) is 0 Å². The summed E-state index contributed by atoms with van der Waals surface area (Å²) < 4.78 is 0. The summed E-state index contributed by atoms with van der Waals surface area (Å²) in [6.45, 7) is 0. The van der Waals surface area contributed by atoms with E-state index in [0.717, 1.165) is 5.56 Å². The molecule has 2 aromatic carbocycles. The van der Waals surface area contributed by atoms with E-state index in [0.29, 0.717) is 26.6 Å². The highest BCUT2D eigenvalue weighted by Crippen LogP contribution is 2.31. The van der Waals surface area contributed by atoms with Crippen LogP contribution in [-0.2, 0) is 0 Å². The summed E-state index contributed by atoms with van der Waals surface area (Å²) in [4.78, 5) is 19.8. The number of hydrogen-bond acceptors (Lipinski definition) is 3. The number of hydrogen-bond donors (Lipinski definition) is 0. The average molecular weight is 303 g/mol. The van der Waals surface area contributed by atoms with Crippen molar-refractivity contribution in [2.75, 3.05) is 0 Å². The van der Waals surface area contributed by atoms with Crippen LogP contribution in [0.5, 0.6) is 0 Å². The third-order valence-electron chi connectivity index (χ3n) is 2.88. The van der Waals surface area contributed by atoms with Crippen molar-refractivity contribution in [1.29, 1.82) is 0 Å². The second-order valence-electron chi connectivity index (χ2n) is 4.20. The fourth-order valence-electron chi connectivity index (χ4n) is 2.00. The maximum Gasteiger partial charge on any atom is 0.288 e. The molecule has 0 saturated heterocycles. The Bertz CT molecular complexity index is 865. The van der Waals surface area contributed by atoms with Gasteiger partial charge < -0.3 is 0 Å². The molecule has 0 saturated carbocycles. The van der Waals surface area contributed by atoms with Crippen LogP contribution in [0.4, 0.5) is 0 Å². The first-order valence-corrected chi connectivity index (χ1v) is 6.62. The molecule has 0 aliphatic rings. The maximum absolute atomic E-state index is 11.6. The third kappa shape index (κ3) is 2.38. The predicted molar refractivity (Wildman–Crippen MR) is 81.3 cm³/mol. The van der Waals surface area contributed by atoms with Crippen molar-refractivity contribution in [2.24, 2.45) is 0 Å². The third-order valence-corrected chi connectivity index (χ3v) is 3.44. The number of fused-ring (bicyclic) bond motifs is 1. The highest BCUT2D eigenvalue weighted by Gasteiger charge is 2.09. The highest BCUT2D eigenvalue weighted by molar-refractivity contribution is 6.34. The van der Waals surface area contributed by atoms with Crippen LogP contribution in [0, 0.1) is 0 Å². The zero-order valence-corrected chi connectivity index (χ0v) is 11.7. The zero-order chi connectivity index (χ0) is 14.1. The summed E-state index contributed by atoms with van der Waals surface area (Å²) in [7, 11) is 0. The van der Waals surface area contributed by atoms with E-state index in [4.69, 9.17) is 23.2 Å². The first kappa shape index (κ1) is 13.0. The second kappa shape index (κ2) is 5.19. The molecule has 0 fully saturated rings. The Morgan fingerprint density at radius 1 is 1.00 bits per heavy atom. The number of aromatic nitrogens is 2. The molecule has 0 unspecified atom stereocenters. The SMILES string of the molecule is O=c1cnc(-c2ccccc2Cl)c2cc(Cl)ccc2n1. The minimum atomic E-state index is -0.407. The van der Waals surface area contributed by atoms with Crippen LogP contribution in [0.25, 0.3) is 22.2 Å². The van der Waals surface area contributed by atoms with Gasteiger partial charge >= 0.3 is 0 Å². The summed E-state index contributed by atoms with van der Waals surface area (Å²) in [5.74, 6) is 0. The van der Waals surface area contributed by atoms with E-state index in [1.165, 1.54) is 6.20 Å². The van der Waals surface area contributed by atoms with Gasteiger partial charge in [-0.15, -0.1) is 0 Å². The first-order chi connectivity index (χ1) is 9.65. The van der Waals surface area contributed by atoms with Gasteiger partial charge in [-0.25, -0.2) is 9.97 Å². The Morgan fingerprint density at radius 2 is 1.80 bits per heavy atom. The standard InChI is InChI=1S/C15H8Cl2N2O/c16-9-5-6-13-11(7-9)15(18-8-14(20)19-13)10-3-1-2-4-12(10)17/h1-8H. The molecule has 3 aromatic rings. The van der Waals surface area contributed by atoms with E-state index in [2.05, 4.69) is 9.97 Å². The topological polar surface area (TPSA) is 42.9 Å². The van der Waals surface area contributed by atoms with Crippen molar-refractivity contribution in [3.05, 3.63) is 69.1 Å². The van der Waals surface area contributed by atoms with Crippen LogP contribution in [0.15, 0.2) is 53.5 Å². The lowest BCUT2D eigenvalue weighted by Gasteiger charge is -2.04. The molecule has 0 aliphatic carbocycles. The number of benzene rings is 2. The van der Waals surface area contributed by atoms with Crippen molar-refractivity contribution in [3.63, 3.8) is 0 Å². The number of rotatable bonds is 1. The van der Waals surface area contributed by atoms with E-state index >= 15 is 0 Å². The molecule has 0 aliphatic heterocycles. The quantitative estimate of drug-likeness (QED) is 0.683. The lowest BCUT2D eigenvalue weighted by atomic mass is 10.1. The van der Waals surface area contributed by atoms with Crippen molar-refractivity contribution in [1.82, 2.24) is 9.97 Å². The van der Waals surface area contributed by atoms with E-state index in [1.807, 2.05) is 18.2 Å². The molecule has 0 bridgehead atoms. The van der Waals surface area contributed by atoms with E-state index in [-0.39, 0.29) is 0 Å². The molecule has 0 N–H and O–H groups in total. The summed E-state index contributed by atoms with van der Waals surface area (Å²) in [6, 6.07) is 12.4. The Balaban J connectivity index is 2.47. The largest absolute Gasteiger partial charge is 0.288 e. The number of nitrogens with zero attached hydrogens (tertiary/aromatic N) is 2. The van der Waals surface area contributed by atoms with Gasteiger partial charge in [0.05, 0.1) is 17.4 Å². The van der Waals surface area contributed by atoms with Gasteiger partial charge in [-0.2, -0.15) is 0 Å². The molecule has 98 valence electrons.